The van der Waals surface area contributed by atoms with Gasteiger partial charge in [0.15, 0.2) is 0 Å². The highest BCUT2D eigenvalue weighted by atomic mass is 35.7. The summed E-state index contributed by atoms with van der Waals surface area (Å²) in [4.78, 5) is 2.22. The quantitative estimate of drug-likeness (QED) is 0.680. The van der Waals surface area contributed by atoms with Crippen LogP contribution in [0.5, 0.6) is 0 Å². The van der Waals surface area contributed by atoms with Crippen LogP contribution in [0.4, 0.5) is 0 Å². The average molecular weight is 254 g/mol. The number of hydrogen-bond acceptors (Lipinski definition) is 3. The molecule has 0 bridgehead atoms. The van der Waals surface area contributed by atoms with Crippen molar-refractivity contribution < 1.29 is 8.42 Å². The molecule has 0 aliphatic heterocycles. The van der Waals surface area contributed by atoms with E-state index in [1.807, 2.05) is 0 Å². The Labute approximate surface area is 97.2 Å². The lowest BCUT2D eigenvalue weighted by atomic mass is 10.1. The zero-order chi connectivity index (χ0) is 11.3. The molecule has 0 spiro atoms. The van der Waals surface area contributed by atoms with Crippen LogP contribution >= 0.6 is 10.7 Å². The van der Waals surface area contributed by atoms with E-state index in [4.69, 9.17) is 10.7 Å². The topological polar surface area (TPSA) is 37.4 Å². The molecule has 3 nitrogen and oxygen atoms in total. The number of nitrogens with zero attached hydrogens (tertiary/aromatic N) is 1. The molecule has 1 saturated carbocycles. The molecule has 15 heavy (non-hydrogen) atoms. The highest BCUT2D eigenvalue weighted by Gasteiger charge is 2.16. The Morgan fingerprint density at radius 2 is 1.93 bits per heavy atom. The van der Waals surface area contributed by atoms with E-state index in [0.717, 1.165) is 19.0 Å². The smallest absolute Gasteiger partial charge is 0.232 e. The van der Waals surface area contributed by atoms with E-state index in [9.17, 15) is 8.42 Å². The zero-order valence-electron chi connectivity index (χ0n) is 9.28. The van der Waals surface area contributed by atoms with Crippen LogP contribution in [-0.2, 0) is 9.05 Å². The molecule has 0 N–H and O–H groups in total. The van der Waals surface area contributed by atoms with Gasteiger partial charge in [-0.1, -0.05) is 12.8 Å². The minimum absolute atomic E-state index is 0.0869. The molecule has 0 atom stereocenters. The van der Waals surface area contributed by atoms with Gasteiger partial charge in [0.25, 0.3) is 0 Å². The van der Waals surface area contributed by atoms with Crippen molar-refractivity contribution in [2.24, 2.45) is 5.92 Å². The van der Waals surface area contributed by atoms with Crippen LogP contribution in [0.25, 0.3) is 0 Å². The first-order valence-electron chi connectivity index (χ1n) is 5.58. The summed E-state index contributed by atoms with van der Waals surface area (Å²) in [7, 11) is 3.89. The number of halogens is 1. The maximum absolute atomic E-state index is 10.7. The summed E-state index contributed by atoms with van der Waals surface area (Å²) in [6.45, 7) is 1.92. The monoisotopic (exact) mass is 253 g/mol. The van der Waals surface area contributed by atoms with Gasteiger partial charge in [0.05, 0.1) is 5.75 Å². The van der Waals surface area contributed by atoms with Gasteiger partial charge in [0.1, 0.15) is 0 Å². The Morgan fingerprint density at radius 3 is 2.47 bits per heavy atom. The van der Waals surface area contributed by atoms with Crippen molar-refractivity contribution in [2.45, 2.75) is 32.1 Å². The van der Waals surface area contributed by atoms with Gasteiger partial charge in [-0.3, -0.25) is 0 Å². The summed E-state index contributed by atoms with van der Waals surface area (Å²) in [6, 6.07) is 0. The van der Waals surface area contributed by atoms with Gasteiger partial charge in [-0.25, -0.2) is 8.42 Å². The molecule has 1 aliphatic rings. The first-order valence-corrected chi connectivity index (χ1v) is 8.06. The van der Waals surface area contributed by atoms with Crippen molar-refractivity contribution in [3.8, 4) is 0 Å². The third kappa shape index (κ3) is 6.38. The predicted octanol–water partition coefficient (Wildman–Crippen LogP) is 2.07. The third-order valence-electron chi connectivity index (χ3n) is 2.97. The molecule has 0 saturated heterocycles. The third-order valence-corrected chi connectivity index (χ3v) is 4.21. The summed E-state index contributed by atoms with van der Waals surface area (Å²) >= 11 is 0. The summed E-state index contributed by atoms with van der Waals surface area (Å²) in [5.41, 5.74) is 0. The fourth-order valence-electron chi connectivity index (χ4n) is 2.23. The molecular formula is C10H20ClNO2S. The van der Waals surface area contributed by atoms with Gasteiger partial charge < -0.3 is 4.90 Å². The fourth-order valence-corrected chi connectivity index (χ4v) is 3.03. The fraction of sp³-hybridized carbons (Fsp3) is 1.00. The molecule has 0 aromatic rings. The first kappa shape index (κ1) is 13.3. The van der Waals surface area contributed by atoms with Gasteiger partial charge in [0, 0.05) is 17.2 Å². The van der Waals surface area contributed by atoms with Gasteiger partial charge >= 0.3 is 0 Å². The van der Waals surface area contributed by atoms with Crippen LogP contribution in [0, 0.1) is 5.92 Å². The van der Waals surface area contributed by atoms with Gasteiger partial charge in [-0.05, 0) is 38.8 Å². The van der Waals surface area contributed by atoms with Gasteiger partial charge in [-0.15, -0.1) is 0 Å². The summed E-state index contributed by atoms with van der Waals surface area (Å²) in [6.07, 6.45) is 6.01. The van der Waals surface area contributed by atoms with Crippen molar-refractivity contribution in [2.75, 3.05) is 25.9 Å². The molecule has 0 amide bonds. The molecule has 90 valence electrons. The van der Waals surface area contributed by atoms with E-state index in [-0.39, 0.29) is 5.75 Å². The average Bonchev–Trinajstić information content (AvgIpc) is 2.54. The molecule has 1 rings (SSSR count). The maximum atomic E-state index is 10.7. The Kier molecular flexibility index (Phi) is 5.36. The summed E-state index contributed by atoms with van der Waals surface area (Å²) in [5.74, 6) is 0.909. The SMILES string of the molecule is CN(CCCS(=O)(=O)Cl)CC1CCCC1. The lowest BCUT2D eigenvalue weighted by Crippen LogP contribution is -2.26. The van der Waals surface area contributed by atoms with Crippen molar-refractivity contribution in [3.63, 3.8) is 0 Å². The first-order chi connectivity index (χ1) is 6.97. The molecule has 5 heteroatoms. The number of hydrogen-bond donors (Lipinski definition) is 0. The Morgan fingerprint density at radius 1 is 1.33 bits per heavy atom. The van der Waals surface area contributed by atoms with Crippen LogP contribution in [0.2, 0.25) is 0 Å². The van der Waals surface area contributed by atoms with E-state index in [0.29, 0.717) is 6.42 Å². The second-order valence-electron chi connectivity index (χ2n) is 4.51. The van der Waals surface area contributed by atoms with Crippen molar-refractivity contribution in [3.05, 3.63) is 0 Å². The lowest BCUT2D eigenvalue weighted by molar-refractivity contribution is 0.279. The van der Waals surface area contributed by atoms with Crippen molar-refractivity contribution >= 4 is 19.7 Å². The van der Waals surface area contributed by atoms with Gasteiger partial charge in [-0.2, -0.15) is 0 Å². The Hall–Kier alpha value is 0.200. The van der Waals surface area contributed by atoms with Crippen LogP contribution in [0.15, 0.2) is 0 Å². The van der Waals surface area contributed by atoms with Gasteiger partial charge in [0.2, 0.25) is 9.05 Å². The minimum Gasteiger partial charge on any atom is -0.306 e. The van der Waals surface area contributed by atoms with Crippen LogP contribution in [0.1, 0.15) is 32.1 Å². The molecule has 0 radical (unpaired) electrons. The van der Waals surface area contributed by atoms with E-state index in [1.54, 1.807) is 0 Å². The normalized spacial score (nSPS) is 18.9. The minimum atomic E-state index is -3.30. The largest absolute Gasteiger partial charge is 0.306 e. The molecule has 1 fully saturated rings. The maximum Gasteiger partial charge on any atom is 0.232 e. The molecule has 0 unspecified atom stereocenters. The molecule has 0 aromatic carbocycles. The van der Waals surface area contributed by atoms with Crippen LogP contribution in [0.3, 0.4) is 0 Å². The molecular weight excluding hydrogens is 234 g/mol. The molecule has 1 aliphatic carbocycles. The van der Waals surface area contributed by atoms with E-state index < -0.39 is 9.05 Å². The highest BCUT2D eigenvalue weighted by molar-refractivity contribution is 8.13. The number of rotatable bonds is 6. The highest BCUT2D eigenvalue weighted by Crippen LogP contribution is 2.25. The second-order valence-corrected chi connectivity index (χ2v) is 7.41. The second kappa shape index (κ2) is 6.06. The predicted molar refractivity (Wildman–Crippen MR) is 63.7 cm³/mol. The standard InChI is InChI=1S/C10H20ClNO2S/c1-12(7-4-8-15(11,13)14)9-10-5-2-3-6-10/h10H,2-9H2,1H3. The molecule has 0 heterocycles. The van der Waals surface area contributed by atoms with Crippen LogP contribution < -0.4 is 0 Å². The van der Waals surface area contributed by atoms with Crippen LogP contribution in [-0.4, -0.2) is 39.2 Å². The van der Waals surface area contributed by atoms with Crippen molar-refractivity contribution in [1.29, 1.82) is 0 Å². The summed E-state index contributed by atoms with van der Waals surface area (Å²) < 4.78 is 21.4. The lowest BCUT2D eigenvalue weighted by Gasteiger charge is -2.20. The Bertz CT molecular complexity index is 273. The Balaban J connectivity index is 2.10. The van der Waals surface area contributed by atoms with E-state index >= 15 is 0 Å². The van der Waals surface area contributed by atoms with E-state index in [1.165, 1.54) is 25.7 Å². The molecule has 0 aromatic heterocycles. The zero-order valence-corrected chi connectivity index (χ0v) is 10.9. The van der Waals surface area contributed by atoms with E-state index in [2.05, 4.69) is 11.9 Å². The summed E-state index contributed by atoms with van der Waals surface area (Å²) in [5, 5.41) is 0. The van der Waals surface area contributed by atoms with Crippen molar-refractivity contribution in [1.82, 2.24) is 4.90 Å².